The first-order valence-electron chi connectivity index (χ1n) is 5.02. The predicted octanol–water partition coefficient (Wildman–Crippen LogP) is 3.00. The number of Topliss-reactive ketones (excluding diaryl/α,β-unsaturated/α-hetero) is 1. The monoisotopic (exact) mass is 260 g/mol. The summed E-state index contributed by atoms with van der Waals surface area (Å²) in [5, 5.41) is 8.86. The van der Waals surface area contributed by atoms with Crippen molar-refractivity contribution in [3.8, 4) is 0 Å². The summed E-state index contributed by atoms with van der Waals surface area (Å²) in [6.07, 6.45) is -4.48. The minimum Gasteiger partial charge on any atom is -0.481 e. The Morgan fingerprint density at radius 1 is 1.06 bits per heavy atom. The zero-order valence-electron chi connectivity index (χ0n) is 9.71. The van der Waals surface area contributed by atoms with Crippen molar-refractivity contribution in [2.45, 2.75) is 20.0 Å². The van der Waals surface area contributed by atoms with E-state index in [-0.39, 0.29) is 5.56 Å². The largest absolute Gasteiger partial charge is 0.481 e. The topological polar surface area (TPSA) is 54.4 Å². The third-order valence-electron chi connectivity index (χ3n) is 2.58. The molecule has 0 aliphatic rings. The molecular formula is C12H11F3O3. The number of carboxylic acids is 1. The van der Waals surface area contributed by atoms with Crippen molar-refractivity contribution < 1.29 is 27.9 Å². The van der Waals surface area contributed by atoms with E-state index in [1.54, 1.807) is 0 Å². The van der Waals surface area contributed by atoms with Crippen LogP contribution in [-0.4, -0.2) is 16.9 Å². The predicted molar refractivity (Wildman–Crippen MR) is 57.2 cm³/mol. The first kappa shape index (κ1) is 14.2. The maximum atomic E-state index is 12.3. The number of aliphatic carboxylic acids is 1. The highest BCUT2D eigenvalue weighted by Crippen LogP contribution is 2.30. The second-order valence-electron chi connectivity index (χ2n) is 4.33. The van der Waals surface area contributed by atoms with Crippen LogP contribution in [0.4, 0.5) is 13.2 Å². The molecule has 0 aliphatic carbocycles. The molecule has 0 fully saturated rings. The summed E-state index contributed by atoms with van der Waals surface area (Å²) in [7, 11) is 0. The van der Waals surface area contributed by atoms with Crippen molar-refractivity contribution in [3.05, 3.63) is 35.4 Å². The fourth-order valence-corrected chi connectivity index (χ4v) is 1.27. The molecule has 0 amide bonds. The zero-order valence-corrected chi connectivity index (χ0v) is 9.71. The Kier molecular flexibility index (Phi) is 3.50. The average Bonchev–Trinajstić information content (AvgIpc) is 2.26. The normalized spacial score (nSPS) is 12.3. The zero-order chi connectivity index (χ0) is 14.1. The van der Waals surface area contributed by atoms with Crippen molar-refractivity contribution in [1.82, 2.24) is 0 Å². The number of ketones is 1. The van der Waals surface area contributed by atoms with Crippen molar-refractivity contribution in [2.75, 3.05) is 0 Å². The Labute approximate surface area is 101 Å². The molecule has 1 N–H and O–H groups in total. The summed E-state index contributed by atoms with van der Waals surface area (Å²) in [5.74, 6) is -2.06. The quantitative estimate of drug-likeness (QED) is 0.671. The van der Waals surface area contributed by atoms with Gasteiger partial charge in [-0.05, 0) is 26.0 Å². The maximum absolute atomic E-state index is 12.3. The number of carbonyl (C=O) groups is 2. The van der Waals surface area contributed by atoms with E-state index in [1.807, 2.05) is 0 Å². The van der Waals surface area contributed by atoms with E-state index in [0.29, 0.717) is 0 Å². The number of carboxylic acid groups (broad SMARTS) is 1. The highest BCUT2D eigenvalue weighted by Gasteiger charge is 2.37. The van der Waals surface area contributed by atoms with Crippen LogP contribution in [-0.2, 0) is 11.0 Å². The number of carbonyl (C=O) groups excluding carboxylic acids is 1. The lowest BCUT2D eigenvalue weighted by atomic mass is 9.84. The molecule has 18 heavy (non-hydrogen) atoms. The number of benzene rings is 1. The smallest absolute Gasteiger partial charge is 0.416 e. The first-order chi connectivity index (χ1) is 8.06. The van der Waals surface area contributed by atoms with Gasteiger partial charge in [0, 0.05) is 5.56 Å². The van der Waals surface area contributed by atoms with E-state index in [0.717, 1.165) is 24.3 Å². The fraction of sp³-hybridized carbons (Fsp3) is 0.333. The van der Waals surface area contributed by atoms with Gasteiger partial charge in [0.2, 0.25) is 0 Å². The highest BCUT2D eigenvalue weighted by molar-refractivity contribution is 6.11. The minimum absolute atomic E-state index is 0.0598. The number of hydrogen-bond donors (Lipinski definition) is 1. The van der Waals surface area contributed by atoms with Gasteiger partial charge in [-0.1, -0.05) is 12.1 Å². The molecule has 0 radical (unpaired) electrons. The maximum Gasteiger partial charge on any atom is 0.416 e. The van der Waals surface area contributed by atoms with Crippen LogP contribution < -0.4 is 0 Å². The summed E-state index contributed by atoms with van der Waals surface area (Å²) < 4.78 is 36.9. The van der Waals surface area contributed by atoms with Gasteiger partial charge in [0.15, 0.2) is 5.78 Å². The van der Waals surface area contributed by atoms with Crippen LogP contribution in [0.2, 0.25) is 0 Å². The van der Waals surface area contributed by atoms with Crippen LogP contribution in [0.5, 0.6) is 0 Å². The van der Waals surface area contributed by atoms with Gasteiger partial charge >= 0.3 is 12.1 Å². The lowest BCUT2D eigenvalue weighted by molar-refractivity contribution is -0.144. The molecule has 3 nitrogen and oxygen atoms in total. The Morgan fingerprint density at radius 2 is 1.50 bits per heavy atom. The van der Waals surface area contributed by atoms with Crippen LogP contribution >= 0.6 is 0 Å². The van der Waals surface area contributed by atoms with Crippen LogP contribution in [0.15, 0.2) is 24.3 Å². The Hall–Kier alpha value is -1.85. The number of alkyl halides is 3. The standard InChI is InChI=1S/C12H11F3O3/c1-11(2,10(17)18)9(16)7-3-5-8(6-4-7)12(13,14)15/h3-6H,1-2H3,(H,17,18). The second-order valence-corrected chi connectivity index (χ2v) is 4.33. The Bertz CT molecular complexity index is 472. The van der Waals surface area contributed by atoms with Gasteiger partial charge in [0.25, 0.3) is 0 Å². The van der Waals surface area contributed by atoms with Crippen molar-refractivity contribution in [3.63, 3.8) is 0 Å². The molecule has 0 bridgehead atoms. The minimum atomic E-state index is -4.48. The van der Waals surface area contributed by atoms with Crippen molar-refractivity contribution in [1.29, 1.82) is 0 Å². The molecule has 1 rings (SSSR count). The van der Waals surface area contributed by atoms with E-state index in [1.165, 1.54) is 13.8 Å². The van der Waals surface area contributed by atoms with Crippen LogP contribution in [0.1, 0.15) is 29.8 Å². The van der Waals surface area contributed by atoms with Gasteiger partial charge < -0.3 is 5.11 Å². The Balaban J connectivity index is 3.07. The van der Waals surface area contributed by atoms with Crippen LogP contribution in [0.25, 0.3) is 0 Å². The van der Waals surface area contributed by atoms with E-state index in [9.17, 15) is 22.8 Å². The fourth-order valence-electron chi connectivity index (χ4n) is 1.27. The van der Waals surface area contributed by atoms with Gasteiger partial charge in [-0.3, -0.25) is 9.59 Å². The van der Waals surface area contributed by atoms with E-state index >= 15 is 0 Å². The summed E-state index contributed by atoms with van der Waals surface area (Å²) in [6.45, 7) is 2.41. The molecule has 1 aromatic carbocycles. The van der Waals surface area contributed by atoms with Gasteiger partial charge in [0.05, 0.1) is 5.56 Å². The van der Waals surface area contributed by atoms with Gasteiger partial charge in [-0.2, -0.15) is 13.2 Å². The van der Waals surface area contributed by atoms with E-state index in [2.05, 4.69) is 0 Å². The molecule has 0 heterocycles. The molecule has 0 unspecified atom stereocenters. The summed E-state index contributed by atoms with van der Waals surface area (Å²) in [4.78, 5) is 22.7. The molecule has 98 valence electrons. The third-order valence-corrected chi connectivity index (χ3v) is 2.58. The van der Waals surface area contributed by atoms with Gasteiger partial charge in [-0.25, -0.2) is 0 Å². The average molecular weight is 260 g/mol. The summed E-state index contributed by atoms with van der Waals surface area (Å²) >= 11 is 0. The molecule has 6 heteroatoms. The molecule has 1 aromatic rings. The molecule has 0 aliphatic heterocycles. The van der Waals surface area contributed by atoms with Gasteiger partial charge in [0.1, 0.15) is 5.41 Å². The van der Waals surface area contributed by atoms with Crippen LogP contribution in [0, 0.1) is 5.41 Å². The van der Waals surface area contributed by atoms with Gasteiger partial charge in [-0.15, -0.1) is 0 Å². The van der Waals surface area contributed by atoms with E-state index < -0.39 is 28.9 Å². The SMILES string of the molecule is CC(C)(C(=O)O)C(=O)c1ccc(C(F)(F)F)cc1. The first-order valence-corrected chi connectivity index (χ1v) is 5.02. The third kappa shape index (κ3) is 2.69. The second kappa shape index (κ2) is 4.44. The van der Waals surface area contributed by atoms with E-state index in [4.69, 9.17) is 5.11 Å². The molecule has 0 saturated carbocycles. The molecule has 0 aromatic heterocycles. The summed E-state index contributed by atoms with van der Waals surface area (Å²) in [5.41, 5.74) is -2.61. The van der Waals surface area contributed by atoms with Crippen molar-refractivity contribution >= 4 is 11.8 Å². The molecular weight excluding hydrogens is 249 g/mol. The Morgan fingerprint density at radius 3 is 1.83 bits per heavy atom. The van der Waals surface area contributed by atoms with Crippen molar-refractivity contribution in [2.24, 2.45) is 5.41 Å². The highest BCUT2D eigenvalue weighted by atomic mass is 19.4. The molecule has 0 spiro atoms. The lowest BCUT2D eigenvalue weighted by Crippen LogP contribution is -2.33. The lowest BCUT2D eigenvalue weighted by Gasteiger charge is -2.17. The van der Waals surface area contributed by atoms with Crippen LogP contribution in [0.3, 0.4) is 0 Å². The summed E-state index contributed by atoms with van der Waals surface area (Å²) in [6, 6.07) is 3.47. The molecule has 0 saturated heterocycles. The molecule has 0 atom stereocenters. The number of halogens is 3. The number of hydrogen-bond acceptors (Lipinski definition) is 2. The number of rotatable bonds is 3.